The molecule has 1 aliphatic rings. The van der Waals surface area contributed by atoms with E-state index in [0.29, 0.717) is 11.4 Å². The molecule has 4 rings (SSSR count). The first-order chi connectivity index (χ1) is 10.6. The Bertz CT molecular complexity index is 884. The number of H-pyrrole nitrogens is 1. The number of nitrogens with one attached hydrogen (secondary N) is 2. The van der Waals surface area contributed by atoms with E-state index in [4.69, 9.17) is 11.6 Å². The molecule has 122 valence electrons. The molecule has 3 aromatic rings. The van der Waals surface area contributed by atoms with Crippen LogP contribution in [0.3, 0.4) is 0 Å². The van der Waals surface area contributed by atoms with Gasteiger partial charge in [0.05, 0.1) is 16.2 Å². The van der Waals surface area contributed by atoms with Gasteiger partial charge in [0, 0.05) is 48.9 Å². The number of rotatable bonds is 1. The molecule has 1 atom stereocenters. The predicted molar refractivity (Wildman–Crippen MR) is 92.8 cm³/mol. The van der Waals surface area contributed by atoms with Crippen LogP contribution in [-0.4, -0.2) is 21.3 Å². The fourth-order valence-corrected chi connectivity index (χ4v) is 3.49. The molecule has 23 heavy (non-hydrogen) atoms. The molecule has 0 saturated heterocycles. The summed E-state index contributed by atoms with van der Waals surface area (Å²) in [6.45, 7) is 3.73. The van der Waals surface area contributed by atoms with E-state index in [1.165, 1.54) is 0 Å². The van der Waals surface area contributed by atoms with Gasteiger partial charge in [-0.2, -0.15) is 5.10 Å². The summed E-state index contributed by atoms with van der Waals surface area (Å²) in [6, 6.07) is 3.59. The third-order valence-electron chi connectivity index (χ3n) is 4.34. The molecule has 1 unspecified atom stereocenters. The van der Waals surface area contributed by atoms with Crippen LogP contribution in [0, 0.1) is 5.82 Å². The highest BCUT2D eigenvalue weighted by Crippen LogP contribution is 2.39. The van der Waals surface area contributed by atoms with E-state index in [-0.39, 0.29) is 17.4 Å². The summed E-state index contributed by atoms with van der Waals surface area (Å²) in [5, 5.41) is 8.84. The van der Waals surface area contributed by atoms with Gasteiger partial charge in [-0.25, -0.2) is 4.39 Å². The molecule has 0 bridgehead atoms. The number of aromatic nitrogens is 3. The van der Waals surface area contributed by atoms with Gasteiger partial charge in [-0.3, -0.25) is 4.68 Å². The second kappa shape index (κ2) is 5.82. The molecule has 0 radical (unpaired) electrons. The normalized spacial score (nSPS) is 17.1. The first-order valence-electron chi connectivity index (χ1n) is 7.29. The molecular weight excluding hydrogens is 338 g/mol. The molecule has 0 amide bonds. The Labute approximate surface area is 144 Å². The minimum atomic E-state index is -0.391. The Kier molecular flexibility index (Phi) is 4.12. The third-order valence-corrected chi connectivity index (χ3v) is 4.62. The van der Waals surface area contributed by atoms with Crippen LogP contribution in [0.2, 0.25) is 5.02 Å². The number of hydrogen-bond donors (Lipinski definition) is 2. The van der Waals surface area contributed by atoms with Gasteiger partial charge < -0.3 is 10.3 Å². The molecule has 0 aliphatic carbocycles. The molecule has 1 aliphatic heterocycles. The van der Waals surface area contributed by atoms with E-state index in [9.17, 15) is 4.39 Å². The highest BCUT2D eigenvalue weighted by Gasteiger charge is 2.26. The molecule has 7 heteroatoms. The van der Waals surface area contributed by atoms with Crippen molar-refractivity contribution in [2.24, 2.45) is 7.05 Å². The third kappa shape index (κ3) is 2.43. The van der Waals surface area contributed by atoms with E-state index < -0.39 is 5.82 Å². The zero-order valence-electron chi connectivity index (χ0n) is 12.8. The average molecular weight is 355 g/mol. The van der Waals surface area contributed by atoms with Crippen molar-refractivity contribution in [2.45, 2.75) is 19.4 Å². The van der Waals surface area contributed by atoms with Gasteiger partial charge in [-0.1, -0.05) is 18.5 Å². The van der Waals surface area contributed by atoms with Crippen LogP contribution in [0.15, 0.2) is 18.3 Å². The van der Waals surface area contributed by atoms with Gasteiger partial charge in [0.1, 0.15) is 0 Å². The molecule has 0 spiro atoms. The van der Waals surface area contributed by atoms with Crippen LogP contribution in [0.25, 0.3) is 22.2 Å². The van der Waals surface area contributed by atoms with Gasteiger partial charge >= 0.3 is 0 Å². The minimum Gasteiger partial charge on any atom is -0.355 e. The van der Waals surface area contributed by atoms with Gasteiger partial charge in [-0.15, -0.1) is 12.4 Å². The maximum Gasteiger partial charge on any atom is 0.165 e. The number of fused-ring (bicyclic) bond motifs is 3. The summed E-state index contributed by atoms with van der Waals surface area (Å²) in [4.78, 5) is 3.26. The second-order valence-corrected chi connectivity index (χ2v) is 6.30. The van der Waals surface area contributed by atoms with Crippen molar-refractivity contribution < 1.29 is 4.39 Å². The van der Waals surface area contributed by atoms with Crippen LogP contribution < -0.4 is 5.32 Å². The highest BCUT2D eigenvalue weighted by atomic mass is 35.5. The molecule has 2 aromatic heterocycles. The quantitative estimate of drug-likeness (QED) is 0.693. The van der Waals surface area contributed by atoms with Crippen molar-refractivity contribution in [2.75, 3.05) is 6.54 Å². The maximum atomic E-state index is 14.5. The van der Waals surface area contributed by atoms with E-state index >= 15 is 0 Å². The standard InChI is InChI=1S/C16H16ClFN4.ClH/c1-8-6-19-7-10-13-9(12-3-4-22(2)21-12)5-11(17)14(18)16(13)20-15(8)10;/h3-5,8,19-20H,6-7H2,1-2H3;1H. The largest absolute Gasteiger partial charge is 0.355 e. The van der Waals surface area contributed by atoms with Crippen LogP contribution in [-0.2, 0) is 13.6 Å². The Morgan fingerprint density at radius 2 is 2.22 bits per heavy atom. The first-order valence-corrected chi connectivity index (χ1v) is 7.67. The number of benzene rings is 1. The Balaban J connectivity index is 0.00000156. The summed E-state index contributed by atoms with van der Waals surface area (Å²) in [7, 11) is 1.86. The van der Waals surface area contributed by atoms with E-state index in [1.807, 2.05) is 19.3 Å². The van der Waals surface area contributed by atoms with E-state index in [2.05, 4.69) is 22.3 Å². The minimum absolute atomic E-state index is 0. The van der Waals surface area contributed by atoms with Gasteiger partial charge in [0.2, 0.25) is 0 Å². The molecular formula is C16H17Cl2FN4. The van der Waals surface area contributed by atoms with Crippen molar-refractivity contribution >= 4 is 34.9 Å². The first kappa shape index (κ1) is 16.3. The van der Waals surface area contributed by atoms with E-state index in [0.717, 1.165) is 41.0 Å². The van der Waals surface area contributed by atoms with Crippen molar-refractivity contribution in [3.8, 4) is 11.3 Å². The second-order valence-electron chi connectivity index (χ2n) is 5.89. The average Bonchev–Trinajstić information content (AvgIpc) is 3.08. The summed E-state index contributed by atoms with van der Waals surface area (Å²) in [5.74, 6) is -0.0798. The summed E-state index contributed by atoms with van der Waals surface area (Å²) >= 11 is 6.10. The SMILES string of the molecule is CC1CNCc2c1[nH]c1c(F)c(Cl)cc(-c3ccn(C)n3)c21.Cl. The van der Waals surface area contributed by atoms with Crippen molar-refractivity contribution in [3.05, 3.63) is 40.4 Å². The number of aromatic amines is 1. The lowest BCUT2D eigenvalue weighted by molar-refractivity contribution is 0.565. The smallest absolute Gasteiger partial charge is 0.165 e. The number of hydrogen-bond acceptors (Lipinski definition) is 2. The zero-order valence-corrected chi connectivity index (χ0v) is 14.4. The molecule has 1 aromatic carbocycles. The van der Waals surface area contributed by atoms with Crippen molar-refractivity contribution in [1.82, 2.24) is 20.1 Å². The van der Waals surface area contributed by atoms with Crippen molar-refractivity contribution in [3.63, 3.8) is 0 Å². The van der Waals surface area contributed by atoms with Crippen LogP contribution in [0.5, 0.6) is 0 Å². The lowest BCUT2D eigenvalue weighted by atomic mass is 9.95. The number of nitrogens with zero attached hydrogens (tertiary/aromatic N) is 2. The summed E-state index contributed by atoms with van der Waals surface area (Å²) in [5.41, 5.74) is 4.36. The van der Waals surface area contributed by atoms with Crippen LogP contribution in [0.4, 0.5) is 4.39 Å². The fraction of sp³-hybridized carbons (Fsp3) is 0.312. The zero-order chi connectivity index (χ0) is 15.4. The molecule has 0 fully saturated rings. The van der Waals surface area contributed by atoms with Crippen molar-refractivity contribution in [1.29, 1.82) is 0 Å². The molecule has 4 nitrogen and oxygen atoms in total. The molecule has 2 N–H and O–H groups in total. The predicted octanol–water partition coefficient (Wildman–Crippen LogP) is 3.99. The van der Waals surface area contributed by atoms with Gasteiger partial charge in [-0.05, 0) is 17.7 Å². The Morgan fingerprint density at radius 1 is 1.43 bits per heavy atom. The number of halogens is 3. The summed E-state index contributed by atoms with van der Waals surface area (Å²) in [6.07, 6.45) is 1.87. The Morgan fingerprint density at radius 3 is 2.91 bits per heavy atom. The van der Waals surface area contributed by atoms with E-state index in [1.54, 1.807) is 10.7 Å². The van der Waals surface area contributed by atoms with Crippen LogP contribution in [0.1, 0.15) is 24.1 Å². The number of aryl methyl sites for hydroxylation is 1. The topological polar surface area (TPSA) is 45.6 Å². The molecule has 0 saturated carbocycles. The fourth-order valence-electron chi connectivity index (χ4n) is 3.28. The lowest BCUT2D eigenvalue weighted by Gasteiger charge is -2.20. The summed E-state index contributed by atoms with van der Waals surface area (Å²) < 4.78 is 16.2. The monoisotopic (exact) mass is 354 g/mol. The lowest BCUT2D eigenvalue weighted by Crippen LogP contribution is -2.26. The highest BCUT2D eigenvalue weighted by molar-refractivity contribution is 6.32. The molecule has 3 heterocycles. The van der Waals surface area contributed by atoms with Gasteiger partial charge in [0.25, 0.3) is 0 Å². The van der Waals surface area contributed by atoms with Crippen LogP contribution >= 0.6 is 24.0 Å². The Hall–Kier alpha value is -1.56. The van der Waals surface area contributed by atoms with Gasteiger partial charge in [0.15, 0.2) is 5.82 Å². The maximum absolute atomic E-state index is 14.5.